The smallest absolute Gasteiger partial charge is 0.307 e. The van der Waals surface area contributed by atoms with Crippen LogP contribution in [-0.4, -0.2) is 23.7 Å². The molecule has 1 N–H and O–H groups in total. The zero-order valence-corrected chi connectivity index (χ0v) is 25.1. The standard InChI is InChI=1S/C34H62O4/c1-3-5-6-7-8-9-10-11-12-13-14-15-16-17-18-19-20-21-22-23-24-25-26-27-28-29-32(34(36)37)31-33(35)38-30-4-2/h4,9-10,32H,2-3,5-8,11-31H2,1H3,(H,36,37)/b10-9+. The fraction of sp³-hybridized carbons (Fsp3) is 0.824. The topological polar surface area (TPSA) is 63.6 Å². The maximum atomic E-state index is 11.6. The van der Waals surface area contributed by atoms with Crippen LogP contribution < -0.4 is 0 Å². The summed E-state index contributed by atoms with van der Waals surface area (Å²) in [5.41, 5.74) is 0. The van der Waals surface area contributed by atoms with Crippen LogP contribution >= 0.6 is 0 Å². The summed E-state index contributed by atoms with van der Waals surface area (Å²) in [6.07, 6.45) is 37.1. The Balaban J connectivity index is 3.32. The average molecular weight is 535 g/mol. The van der Waals surface area contributed by atoms with E-state index in [1.54, 1.807) is 0 Å². The van der Waals surface area contributed by atoms with E-state index >= 15 is 0 Å². The predicted octanol–water partition coefficient (Wildman–Crippen LogP) is 10.7. The second-order valence-electron chi connectivity index (χ2n) is 11.1. The van der Waals surface area contributed by atoms with Crippen molar-refractivity contribution in [2.24, 2.45) is 5.92 Å². The Morgan fingerprint density at radius 3 is 1.45 bits per heavy atom. The van der Waals surface area contributed by atoms with Crippen molar-refractivity contribution in [1.82, 2.24) is 0 Å². The van der Waals surface area contributed by atoms with E-state index < -0.39 is 17.9 Å². The van der Waals surface area contributed by atoms with Crippen LogP contribution in [0, 0.1) is 5.92 Å². The number of allylic oxidation sites excluding steroid dienone is 2. The molecule has 0 saturated carbocycles. The molecule has 1 unspecified atom stereocenters. The number of unbranched alkanes of at least 4 members (excludes halogenated alkanes) is 21. The van der Waals surface area contributed by atoms with Crippen molar-refractivity contribution in [3.8, 4) is 0 Å². The first-order valence-corrected chi connectivity index (χ1v) is 16.3. The second-order valence-corrected chi connectivity index (χ2v) is 11.1. The summed E-state index contributed by atoms with van der Waals surface area (Å²) in [5, 5.41) is 9.31. The van der Waals surface area contributed by atoms with E-state index in [-0.39, 0.29) is 13.0 Å². The molecule has 0 aliphatic carbocycles. The van der Waals surface area contributed by atoms with E-state index in [2.05, 4.69) is 25.7 Å². The van der Waals surface area contributed by atoms with Crippen molar-refractivity contribution < 1.29 is 19.4 Å². The lowest BCUT2D eigenvalue weighted by atomic mass is 9.97. The van der Waals surface area contributed by atoms with Crippen LogP contribution in [0.2, 0.25) is 0 Å². The molecule has 4 nitrogen and oxygen atoms in total. The average Bonchev–Trinajstić information content (AvgIpc) is 2.91. The summed E-state index contributed by atoms with van der Waals surface area (Å²) < 4.78 is 4.91. The Morgan fingerprint density at radius 2 is 1.05 bits per heavy atom. The van der Waals surface area contributed by atoms with Crippen LogP contribution in [0.15, 0.2) is 24.8 Å². The molecule has 4 heteroatoms. The Bertz CT molecular complexity index is 569. The van der Waals surface area contributed by atoms with E-state index in [1.807, 2.05) is 0 Å². The molecule has 0 spiro atoms. The van der Waals surface area contributed by atoms with Gasteiger partial charge in [0.2, 0.25) is 0 Å². The van der Waals surface area contributed by atoms with E-state index in [9.17, 15) is 14.7 Å². The SMILES string of the molecule is C=CCOC(=O)CC(CCCCCCCCCCCCCCCCCCC/C=C/CCCCCC)C(=O)O. The number of aliphatic carboxylic acids is 1. The third kappa shape index (κ3) is 27.5. The highest BCUT2D eigenvalue weighted by Crippen LogP contribution is 2.18. The first-order valence-electron chi connectivity index (χ1n) is 16.3. The highest BCUT2D eigenvalue weighted by atomic mass is 16.5. The fourth-order valence-electron chi connectivity index (χ4n) is 4.95. The number of rotatable bonds is 30. The van der Waals surface area contributed by atoms with Crippen LogP contribution in [0.1, 0.15) is 167 Å². The molecule has 0 aliphatic heterocycles. The molecule has 0 amide bonds. The number of esters is 1. The molecule has 0 rings (SSSR count). The lowest BCUT2D eigenvalue weighted by Gasteiger charge is -2.11. The lowest BCUT2D eigenvalue weighted by Crippen LogP contribution is -2.19. The third-order valence-corrected chi connectivity index (χ3v) is 7.44. The minimum absolute atomic E-state index is 0.0411. The van der Waals surface area contributed by atoms with Gasteiger partial charge in [-0.05, 0) is 32.1 Å². The van der Waals surface area contributed by atoms with Crippen LogP contribution in [0.25, 0.3) is 0 Å². The maximum absolute atomic E-state index is 11.6. The van der Waals surface area contributed by atoms with Gasteiger partial charge in [0, 0.05) is 0 Å². The lowest BCUT2D eigenvalue weighted by molar-refractivity contribution is -0.151. The first-order chi connectivity index (χ1) is 18.6. The van der Waals surface area contributed by atoms with E-state index in [4.69, 9.17) is 4.74 Å². The van der Waals surface area contributed by atoms with Gasteiger partial charge in [-0.1, -0.05) is 154 Å². The van der Waals surface area contributed by atoms with Crippen LogP contribution in [0.3, 0.4) is 0 Å². The number of ether oxygens (including phenoxy) is 1. The van der Waals surface area contributed by atoms with Crippen molar-refractivity contribution in [2.45, 2.75) is 167 Å². The van der Waals surface area contributed by atoms with E-state index in [0.717, 1.165) is 19.3 Å². The Labute approximate surface area is 236 Å². The van der Waals surface area contributed by atoms with Crippen molar-refractivity contribution in [3.05, 3.63) is 24.8 Å². The van der Waals surface area contributed by atoms with Gasteiger partial charge in [-0.15, -0.1) is 0 Å². The largest absolute Gasteiger partial charge is 0.481 e. The summed E-state index contributed by atoms with van der Waals surface area (Å²) in [4.78, 5) is 23.0. The van der Waals surface area contributed by atoms with Crippen LogP contribution in [-0.2, 0) is 14.3 Å². The quantitative estimate of drug-likeness (QED) is 0.0565. The van der Waals surface area contributed by atoms with Gasteiger partial charge in [-0.3, -0.25) is 9.59 Å². The molecule has 0 bridgehead atoms. The fourth-order valence-corrected chi connectivity index (χ4v) is 4.95. The zero-order chi connectivity index (χ0) is 27.9. The van der Waals surface area contributed by atoms with Gasteiger partial charge < -0.3 is 9.84 Å². The molecule has 0 radical (unpaired) electrons. The molecule has 222 valence electrons. The number of carboxylic acid groups (broad SMARTS) is 1. The van der Waals surface area contributed by atoms with Gasteiger partial charge in [0.05, 0.1) is 12.3 Å². The number of carbonyl (C=O) groups is 2. The Hall–Kier alpha value is -1.58. The van der Waals surface area contributed by atoms with Gasteiger partial charge in [-0.25, -0.2) is 0 Å². The number of carbonyl (C=O) groups excluding carboxylic acids is 1. The third-order valence-electron chi connectivity index (χ3n) is 7.44. The molecule has 0 fully saturated rings. The second kappa shape index (κ2) is 30.0. The highest BCUT2D eigenvalue weighted by molar-refractivity contribution is 5.78. The minimum atomic E-state index is -0.900. The molecule has 38 heavy (non-hydrogen) atoms. The molecule has 0 aromatic carbocycles. The number of hydrogen-bond donors (Lipinski definition) is 1. The highest BCUT2D eigenvalue weighted by Gasteiger charge is 2.21. The van der Waals surface area contributed by atoms with Crippen LogP contribution in [0.5, 0.6) is 0 Å². The molecule has 0 heterocycles. The normalized spacial score (nSPS) is 12.1. The van der Waals surface area contributed by atoms with Crippen molar-refractivity contribution in [3.63, 3.8) is 0 Å². The zero-order valence-electron chi connectivity index (χ0n) is 25.1. The van der Waals surface area contributed by atoms with Gasteiger partial charge in [0.15, 0.2) is 0 Å². The predicted molar refractivity (Wildman–Crippen MR) is 163 cm³/mol. The van der Waals surface area contributed by atoms with Gasteiger partial charge in [0.1, 0.15) is 6.61 Å². The Morgan fingerprint density at radius 1 is 0.658 bits per heavy atom. The van der Waals surface area contributed by atoms with Gasteiger partial charge >= 0.3 is 11.9 Å². The molecule has 0 saturated heterocycles. The molecule has 0 aromatic rings. The Kier molecular flexibility index (Phi) is 28.7. The molecule has 0 aliphatic rings. The van der Waals surface area contributed by atoms with Gasteiger partial charge in [-0.2, -0.15) is 0 Å². The summed E-state index contributed by atoms with van der Waals surface area (Å²) in [5.74, 6) is -1.98. The van der Waals surface area contributed by atoms with Crippen LogP contribution in [0.4, 0.5) is 0 Å². The van der Waals surface area contributed by atoms with Crippen molar-refractivity contribution in [1.29, 1.82) is 0 Å². The van der Waals surface area contributed by atoms with Crippen molar-refractivity contribution in [2.75, 3.05) is 6.61 Å². The summed E-state index contributed by atoms with van der Waals surface area (Å²) >= 11 is 0. The first kappa shape index (κ1) is 36.4. The molecule has 1 atom stereocenters. The molecule has 0 aromatic heterocycles. The van der Waals surface area contributed by atoms with E-state index in [1.165, 1.54) is 134 Å². The van der Waals surface area contributed by atoms with Crippen molar-refractivity contribution >= 4 is 11.9 Å². The summed E-state index contributed by atoms with van der Waals surface area (Å²) in [6.45, 7) is 5.91. The number of carboxylic acids is 1. The van der Waals surface area contributed by atoms with E-state index in [0.29, 0.717) is 6.42 Å². The summed E-state index contributed by atoms with van der Waals surface area (Å²) in [7, 11) is 0. The molecular formula is C34H62O4. The maximum Gasteiger partial charge on any atom is 0.307 e. The molecular weight excluding hydrogens is 472 g/mol. The number of hydrogen-bond acceptors (Lipinski definition) is 3. The van der Waals surface area contributed by atoms with Gasteiger partial charge in [0.25, 0.3) is 0 Å². The summed E-state index contributed by atoms with van der Waals surface area (Å²) in [6, 6.07) is 0. The monoisotopic (exact) mass is 534 g/mol. The minimum Gasteiger partial charge on any atom is -0.481 e.